The van der Waals surface area contributed by atoms with Crippen LogP contribution in [0.25, 0.3) is 0 Å². The Morgan fingerprint density at radius 2 is 2.16 bits per heavy atom. The molecule has 102 valence electrons. The van der Waals surface area contributed by atoms with Crippen molar-refractivity contribution in [3.63, 3.8) is 0 Å². The Bertz CT molecular complexity index is 489. The summed E-state index contributed by atoms with van der Waals surface area (Å²) in [6.07, 6.45) is 0. The molecule has 0 heterocycles. The summed E-state index contributed by atoms with van der Waals surface area (Å²) in [6.45, 7) is 8.95. The van der Waals surface area contributed by atoms with E-state index in [1.165, 1.54) is 0 Å². The van der Waals surface area contributed by atoms with Gasteiger partial charge in [-0.3, -0.25) is 4.79 Å². The molecule has 0 bridgehead atoms. The van der Waals surface area contributed by atoms with Gasteiger partial charge in [0, 0.05) is 18.3 Å². The first-order valence-corrected chi connectivity index (χ1v) is 6.53. The first kappa shape index (κ1) is 15.0. The van der Waals surface area contributed by atoms with E-state index in [4.69, 9.17) is 5.26 Å². The van der Waals surface area contributed by atoms with Crippen LogP contribution in [0.3, 0.4) is 0 Å². The van der Waals surface area contributed by atoms with Crippen molar-refractivity contribution in [3.8, 4) is 6.07 Å². The zero-order valence-corrected chi connectivity index (χ0v) is 12.0. The van der Waals surface area contributed by atoms with E-state index >= 15 is 0 Å². The topological polar surface area (TPSA) is 56.1 Å². The third-order valence-corrected chi connectivity index (χ3v) is 2.83. The highest BCUT2D eigenvalue weighted by molar-refractivity contribution is 5.82. The van der Waals surface area contributed by atoms with Crippen LogP contribution in [0.1, 0.15) is 31.9 Å². The molecule has 4 nitrogen and oxygen atoms in total. The monoisotopic (exact) mass is 259 g/mol. The van der Waals surface area contributed by atoms with Crippen LogP contribution in [-0.4, -0.2) is 25.0 Å². The Labute approximate surface area is 115 Å². The molecular weight excluding hydrogens is 238 g/mol. The van der Waals surface area contributed by atoms with Gasteiger partial charge in [0.1, 0.15) is 0 Å². The zero-order chi connectivity index (χ0) is 14.4. The molecule has 0 saturated carbocycles. The number of nitriles is 1. The number of amides is 1. The molecule has 0 fully saturated rings. The highest BCUT2D eigenvalue weighted by atomic mass is 16.2. The maximum Gasteiger partial charge on any atom is 0.239 e. The quantitative estimate of drug-likeness (QED) is 0.882. The normalized spacial score (nSPS) is 10.1. The lowest BCUT2D eigenvalue weighted by atomic mass is 10.1. The Kier molecular flexibility index (Phi) is 5.37. The second-order valence-electron chi connectivity index (χ2n) is 4.85. The molecule has 0 atom stereocenters. The molecule has 1 N–H and O–H groups in total. The molecule has 0 aliphatic rings. The van der Waals surface area contributed by atoms with Crippen molar-refractivity contribution in [3.05, 3.63) is 29.3 Å². The van der Waals surface area contributed by atoms with E-state index in [1.807, 2.05) is 44.7 Å². The van der Waals surface area contributed by atoms with Gasteiger partial charge in [0.25, 0.3) is 0 Å². The van der Waals surface area contributed by atoms with Crippen molar-refractivity contribution < 1.29 is 4.79 Å². The van der Waals surface area contributed by atoms with Crippen LogP contribution in [0.2, 0.25) is 0 Å². The van der Waals surface area contributed by atoms with Crippen molar-refractivity contribution in [2.24, 2.45) is 0 Å². The molecule has 1 amide bonds. The number of nitrogens with zero attached hydrogens (tertiary/aromatic N) is 2. The molecule has 0 aliphatic carbocycles. The average molecular weight is 259 g/mol. The molecule has 19 heavy (non-hydrogen) atoms. The van der Waals surface area contributed by atoms with Gasteiger partial charge in [-0.1, -0.05) is 0 Å². The SMILES string of the molecule is CCN(CC(=O)NC(C)C)c1ccc(C#N)cc1C. The molecule has 0 saturated heterocycles. The fourth-order valence-electron chi connectivity index (χ4n) is 1.99. The van der Waals surface area contributed by atoms with Crippen LogP contribution in [-0.2, 0) is 4.79 Å². The summed E-state index contributed by atoms with van der Waals surface area (Å²) in [7, 11) is 0. The Balaban J connectivity index is 2.86. The van der Waals surface area contributed by atoms with Gasteiger partial charge < -0.3 is 10.2 Å². The van der Waals surface area contributed by atoms with Crippen molar-refractivity contribution in [2.45, 2.75) is 33.7 Å². The molecule has 4 heteroatoms. The van der Waals surface area contributed by atoms with E-state index in [-0.39, 0.29) is 11.9 Å². The fourth-order valence-corrected chi connectivity index (χ4v) is 1.99. The van der Waals surface area contributed by atoms with Crippen molar-refractivity contribution in [1.29, 1.82) is 5.26 Å². The lowest BCUT2D eigenvalue weighted by molar-refractivity contribution is -0.120. The summed E-state index contributed by atoms with van der Waals surface area (Å²) < 4.78 is 0. The van der Waals surface area contributed by atoms with Gasteiger partial charge in [0.2, 0.25) is 5.91 Å². The maximum atomic E-state index is 11.8. The molecule has 1 aromatic carbocycles. The molecule has 1 aromatic rings. The minimum Gasteiger partial charge on any atom is -0.362 e. The number of anilines is 1. The van der Waals surface area contributed by atoms with E-state index in [1.54, 1.807) is 6.07 Å². The van der Waals surface area contributed by atoms with Gasteiger partial charge in [-0.15, -0.1) is 0 Å². The van der Waals surface area contributed by atoms with Gasteiger partial charge in [0.05, 0.1) is 18.2 Å². The van der Waals surface area contributed by atoms with Crippen LogP contribution in [0, 0.1) is 18.3 Å². The van der Waals surface area contributed by atoms with Crippen LogP contribution < -0.4 is 10.2 Å². The average Bonchev–Trinajstić information content (AvgIpc) is 2.35. The molecule has 0 unspecified atom stereocenters. The standard InChI is InChI=1S/C15H21N3O/c1-5-18(10-15(19)17-11(2)3)14-7-6-13(9-16)8-12(14)4/h6-8,11H,5,10H2,1-4H3,(H,17,19). The highest BCUT2D eigenvalue weighted by Crippen LogP contribution is 2.20. The number of likely N-dealkylation sites (N-methyl/N-ethyl adjacent to an activating group) is 1. The number of nitrogens with one attached hydrogen (secondary N) is 1. The second-order valence-corrected chi connectivity index (χ2v) is 4.85. The number of aryl methyl sites for hydroxylation is 1. The summed E-state index contributed by atoms with van der Waals surface area (Å²) in [4.78, 5) is 13.8. The Morgan fingerprint density at radius 1 is 1.47 bits per heavy atom. The number of rotatable bonds is 5. The third kappa shape index (κ3) is 4.29. The van der Waals surface area contributed by atoms with Crippen LogP contribution >= 0.6 is 0 Å². The van der Waals surface area contributed by atoms with Gasteiger partial charge >= 0.3 is 0 Å². The van der Waals surface area contributed by atoms with Crippen LogP contribution in [0.5, 0.6) is 0 Å². The zero-order valence-electron chi connectivity index (χ0n) is 12.0. The largest absolute Gasteiger partial charge is 0.362 e. The van der Waals surface area contributed by atoms with Crippen LogP contribution in [0.4, 0.5) is 5.69 Å². The van der Waals surface area contributed by atoms with E-state index < -0.39 is 0 Å². The summed E-state index contributed by atoms with van der Waals surface area (Å²) in [5.74, 6) is 0.0145. The molecule has 1 rings (SSSR count). The fraction of sp³-hybridized carbons (Fsp3) is 0.467. The van der Waals surface area contributed by atoms with Gasteiger partial charge in [-0.05, 0) is 51.5 Å². The lowest BCUT2D eigenvalue weighted by Crippen LogP contribution is -2.40. The third-order valence-electron chi connectivity index (χ3n) is 2.83. The number of carbonyl (C=O) groups excluding carboxylic acids is 1. The molecule has 0 radical (unpaired) electrons. The Morgan fingerprint density at radius 3 is 2.63 bits per heavy atom. The summed E-state index contributed by atoms with van der Waals surface area (Å²) in [6, 6.07) is 7.80. The lowest BCUT2D eigenvalue weighted by Gasteiger charge is -2.25. The summed E-state index contributed by atoms with van der Waals surface area (Å²) in [5, 5.41) is 11.8. The molecule has 0 aliphatic heterocycles. The minimum absolute atomic E-state index is 0.0145. The highest BCUT2D eigenvalue weighted by Gasteiger charge is 2.12. The smallest absolute Gasteiger partial charge is 0.239 e. The molecule has 0 aromatic heterocycles. The van der Waals surface area contributed by atoms with Crippen molar-refractivity contribution in [2.75, 3.05) is 18.0 Å². The number of carbonyl (C=O) groups is 1. The van der Waals surface area contributed by atoms with Gasteiger partial charge in [0.15, 0.2) is 0 Å². The van der Waals surface area contributed by atoms with Crippen LogP contribution in [0.15, 0.2) is 18.2 Å². The molecule has 0 spiro atoms. The van der Waals surface area contributed by atoms with E-state index in [2.05, 4.69) is 11.4 Å². The van der Waals surface area contributed by atoms with E-state index in [0.717, 1.165) is 17.8 Å². The van der Waals surface area contributed by atoms with Crippen molar-refractivity contribution >= 4 is 11.6 Å². The number of hydrogen-bond acceptors (Lipinski definition) is 3. The van der Waals surface area contributed by atoms with Gasteiger partial charge in [-0.2, -0.15) is 5.26 Å². The van der Waals surface area contributed by atoms with E-state index in [0.29, 0.717) is 12.1 Å². The predicted octanol–water partition coefficient (Wildman–Crippen LogP) is 2.22. The first-order chi connectivity index (χ1) is 8.97. The molecular formula is C15H21N3O. The first-order valence-electron chi connectivity index (χ1n) is 6.53. The number of benzene rings is 1. The second kappa shape index (κ2) is 6.79. The number of hydrogen-bond donors (Lipinski definition) is 1. The summed E-state index contributed by atoms with van der Waals surface area (Å²) >= 11 is 0. The van der Waals surface area contributed by atoms with Crippen molar-refractivity contribution in [1.82, 2.24) is 5.32 Å². The predicted molar refractivity (Wildman–Crippen MR) is 77.1 cm³/mol. The van der Waals surface area contributed by atoms with E-state index in [9.17, 15) is 4.79 Å². The minimum atomic E-state index is 0.0145. The van der Waals surface area contributed by atoms with Gasteiger partial charge in [-0.25, -0.2) is 0 Å². The Hall–Kier alpha value is -2.02. The maximum absolute atomic E-state index is 11.8. The summed E-state index contributed by atoms with van der Waals surface area (Å²) in [5.41, 5.74) is 2.66.